The molecule has 1 nitrogen and oxygen atoms in total. The summed E-state index contributed by atoms with van der Waals surface area (Å²) < 4.78 is 0. The van der Waals surface area contributed by atoms with E-state index in [2.05, 4.69) is 24.3 Å². The van der Waals surface area contributed by atoms with E-state index in [-0.39, 0.29) is 5.54 Å². The minimum Gasteiger partial charge on any atom is -0.321 e. The second-order valence-electron chi connectivity index (χ2n) is 6.02. The van der Waals surface area contributed by atoms with Crippen LogP contribution in [0, 0.1) is 5.92 Å². The lowest BCUT2D eigenvalue weighted by Gasteiger charge is -2.32. The number of rotatable bonds is 2. The summed E-state index contributed by atoms with van der Waals surface area (Å²) in [5.41, 5.74) is 9.61. The molecule has 0 bridgehead atoms. The van der Waals surface area contributed by atoms with Crippen LogP contribution in [0.1, 0.15) is 56.1 Å². The van der Waals surface area contributed by atoms with Gasteiger partial charge in [0, 0.05) is 5.54 Å². The Kier molecular flexibility index (Phi) is 2.96. The van der Waals surface area contributed by atoms with Crippen molar-refractivity contribution in [1.82, 2.24) is 0 Å². The summed E-state index contributed by atoms with van der Waals surface area (Å²) in [5.74, 6) is 0.875. The summed E-state index contributed by atoms with van der Waals surface area (Å²) in [6, 6.07) is 8.80. The maximum absolute atomic E-state index is 6.70. The van der Waals surface area contributed by atoms with Crippen molar-refractivity contribution in [3.05, 3.63) is 35.4 Å². The number of benzene rings is 1. The fraction of sp³-hybridized carbons (Fsp3) is 0.625. The van der Waals surface area contributed by atoms with Gasteiger partial charge in [-0.3, -0.25) is 0 Å². The molecular weight excluding hydrogens is 206 g/mol. The van der Waals surface area contributed by atoms with Crippen LogP contribution in [0.5, 0.6) is 0 Å². The summed E-state index contributed by atoms with van der Waals surface area (Å²) in [4.78, 5) is 0. The normalized spacial score (nSPS) is 29.2. The molecule has 1 atom stereocenters. The van der Waals surface area contributed by atoms with E-state index < -0.39 is 0 Å². The zero-order chi connectivity index (χ0) is 11.7. The number of fused-ring (bicyclic) bond motifs is 1. The SMILES string of the molecule is NC1(CC2CCCCC2)CCc2ccccc21. The fourth-order valence-corrected chi connectivity index (χ4v) is 3.83. The Labute approximate surface area is 104 Å². The molecule has 1 aromatic rings. The topological polar surface area (TPSA) is 26.0 Å². The lowest BCUT2D eigenvalue weighted by Crippen LogP contribution is -2.36. The van der Waals surface area contributed by atoms with Crippen molar-refractivity contribution in [3.8, 4) is 0 Å². The van der Waals surface area contributed by atoms with Crippen LogP contribution in [0.4, 0.5) is 0 Å². The molecule has 2 aliphatic carbocycles. The Bertz CT molecular complexity index is 392. The summed E-state index contributed by atoms with van der Waals surface area (Å²) in [6.45, 7) is 0. The molecule has 0 aromatic heterocycles. The van der Waals surface area contributed by atoms with Crippen LogP contribution in [0.15, 0.2) is 24.3 Å². The van der Waals surface area contributed by atoms with Gasteiger partial charge in [0.15, 0.2) is 0 Å². The lowest BCUT2D eigenvalue weighted by molar-refractivity contribution is 0.258. The van der Waals surface area contributed by atoms with Gasteiger partial charge < -0.3 is 5.73 Å². The molecule has 0 radical (unpaired) electrons. The van der Waals surface area contributed by atoms with Crippen LogP contribution in [-0.2, 0) is 12.0 Å². The van der Waals surface area contributed by atoms with Crippen LogP contribution < -0.4 is 5.73 Å². The average molecular weight is 229 g/mol. The standard InChI is InChI=1S/C16H23N/c17-16(12-13-6-2-1-3-7-13)11-10-14-8-4-5-9-15(14)16/h4-5,8-9,13H,1-3,6-7,10-12,17H2. The van der Waals surface area contributed by atoms with E-state index in [0.29, 0.717) is 0 Å². The van der Waals surface area contributed by atoms with Crippen LogP contribution >= 0.6 is 0 Å². The van der Waals surface area contributed by atoms with Gasteiger partial charge in [0.2, 0.25) is 0 Å². The third-order valence-corrected chi connectivity index (χ3v) is 4.77. The van der Waals surface area contributed by atoms with Crippen LogP contribution in [0.25, 0.3) is 0 Å². The highest BCUT2D eigenvalue weighted by atomic mass is 14.8. The van der Waals surface area contributed by atoms with Gasteiger partial charge in [0.05, 0.1) is 0 Å². The monoisotopic (exact) mass is 229 g/mol. The van der Waals surface area contributed by atoms with Crippen molar-refractivity contribution in [2.75, 3.05) is 0 Å². The Morgan fingerprint density at radius 2 is 1.88 bits per heavy atom. The summed E-state index contributed by atoms with van der Waals surface area (Å²) in [7, 11) is 0. The molecule has 0 aliphatic heterocycles. The maximum Gasteiger partial charge on any atom is 0.0418 e. The zero-order valence-corrected chi connectivity index (χ0v) is 10.6. The first-order valence-electron chi connectivity index (χ1n) is 7.15. The Hall–Kier alpha value is -0.820. The van der Waals surface area contributed by atoms with E-state index in [1.165, 1.54) is 56.1 Å². The van der Waals surface area contributed by atoms with Crippen molar-refractivity contribution in [2.45, 2.75) is 56.9 Å². The minimum absolute atomic E-state index is 0.0153. The number of nitrogens with two attached hydrogens (primary N) is 1. The van der Waals surface area contributed by atoms with Gasteiger partial charge in [-0.05, 0) is 36.3 Å². The molecule has 1 aromatic carbocycles. The molecule has 1 unspecified atom stereocenters. The van der Waals surface area contributed by atoms with Gasteiger partial charge in [-0.2, -0.15) is 0 Å². The molecule has 0 spiro atoms. The van der Waals surface area contributed by atoms with Gasteiger partial charge in [-0.25, -0.2) is 0 Å². The van der Waals surface area contributed by atoms with Crippen molar-refractivity contribution in [2.24, 2.45) is 11.7 Å². The third kappa shape index (κ3) is 2.13. The number of aryl methyl sites for hydroxylation is 1. The molecule has 17 heavy (non-hydrogen) atoms. The predicted molar refractivity (Wildman–Crippen MR) is 71.8 cm³/mol. The van der Waals surface area contributed by atoms with Gasteiger partial charge in [0.25, 0.3) is 0 Å². The van der Waals surface area contributed by atoms with Crippen LogP contribution in [0.3, 0.4) is 0 Å². The van der Waals surface area contributed by atoms with E-state index in [9.17, 15) is 0 Å². The minimum atomic E-state index is -0.0153. The molecule has 0 heterocycles. The van der Waals surface area contributed by atoms with E-state index in [1.54, 1.807) is 0 Å². The highest BCUT2D eigenvalue weighted by Gasteiger charge is 2.36. The van der Waals surface area contributed by atoms with E-state index in [4.69, 9.17) is 5.73 Å². The van der Waals surface area contributed by atoms with Crippen molar-refractivity contribution in [1.29, 1.82) is 0 Å². The van der Waals surface area contributed by atoms with Crippen molar-refractivity contribution >= 4 is 0 Å². The molecule has 92 valence electrons. The van der Waals surface area contributed by atoms with E-state index >= 15 is 0 Å². The predicted octanol–water partition coefficient (Wildman–Crippen LogP) is 3.76. The van der Waals surface area contributed by atoms with Crippen LogP contribution in [-0.4, -0.2) is 0 Å². The third-order valence-electron chi connectivity index (χ3n) is 4.77. The number of hydrogen-bond acceptors (Lipinski definition) is 1. The molecule has 0 saturated heterocycles. The maximum atomic E-state index is 6.70. The molecule has 1 fully saturated rings. The molecule has 1 heteroatoms. The summed E-state index contributed by atoms with van der Waals surface area (Å²) in [5, 5.41) is 0. The van der Waals surface area contributed by atoms with Crippen molar-refractivity contribution in [3.63, 3.8) is 0 Å². The summed E-state index contributed by atoms with van der Waals surface area (Å²) in [6.07, 6.45) is 10.6. The molecule has 1 saturated carbocycles. The van der Waals surface area contributed by atoms with Crippen molar-refractivity contribution < 1.29 is 0 Å². The van der Waals surface area contributed by atoms with Gasteiger partial charge >= 0.3 is 0 Å². The van der Waals surface area contributed by atoms with Crippen LogP contribution in [0.2, 0.25) is 0 Å². The first-order valence-corrected chi connectivity index (χ1v) is 7.15. The highest BCUT2D eigenvalue weighted by Crippen LogP contribution is 2.42. The summed E-state index contributed by atoms with van der Waals surface area (Å²) >= 11 is 0. The Balaban J connectivity index is 1.78. The smallest absolute Gasteiger partial charge is 0.0418 e. The Morgan fingerprint density at radius 3 is 2.71 bits per heavy atom. The first kappa shape index (κ1) is 11.3. The fourth-order valence-electron chi connectivity index (χ4n) is 3.83. The second-order valence-corrected chi connectivity index (χ2v) is 6.02. The molecule has 3 rings (SSSR count). The Morgan fingerprint density at radius 1 is 1.12 bits per heavy atom. The molecule has 2 aliphatic rings. The average Bonchev–Trinajstić information content (AvgIpc) is 2.69. The van der Waals surface area contributed by atoms with E-state index in [1.807, 2.05) is 0 Å². The molecule has 0 amide bonds. The van der Waals surface area contributed by atoms with E-state index in [0.717, 1.165) is 12.3 Å². The highest BCUT2D eigenvalue weighted by molar-refractivity contribution is 5.38. The van der Waals surface area contributed by atoms with Gasteiger partial charge in [0.1, 0.15) is 0 Å². The lowest BCUT2D eigenvalue weighted by atomic mass is 9.77. The zero-order valence-electron chi connectivity index (χ0n) is 10.6. The second kappa shape index (κ2) is 4.45. The molecular formula is C16H23N. The van der Waals surface area contributed by atoms with Gasteiger partial charge in [-0.1, -0.05) is 56.4 Å². The van der Waals surface area contributed by atoms with Gasteiger partial charge in [-0.15, -0.1) is 0 Å². The largest absolute Gasteiger partial charge is 0.321 e. The first-order chi connectivity index (χ1) is 8.28. The quantitative estimate of drug-likeness (QED) is 0.821. The number of hydrogen-bond donors (Lipinski definition) is 1. The molecule has 2 N–H and O–H groups in total.